The first kappa shape index (κ1) is 24.2. The van der Waals surface area contributed by atoms with E-state index >= 15 is 0 Å². The summed E-state index contributed by atoms with van der Waals surface area (Å²) in [5.74, 6) is -1.72. The first-order valence-electron chi connectivity index (χ1n) is 9.23. The molecule has 0 unspecified atom stereocenters. The van der Waals surface area contributed by atoms with E-state index in [1.165, 1.54) is 43.4 Å². The average Bonchev–Trinajstić information content (AvgIpc) is 3.05. The highest BCUT2D eigenvalue weighted by atomic mass is 35.5. The molecule has 3 aromatic rings. The summed E-state index contributed by atoms with van der Waals surface area (Å²) in [6, 6.07) is 15.1. The Bertz CT molecular complexity index is 1230. The lowest BCUT2D eigenvalue weighted by Gasteiger charge is -2.19. The normalized spacial score (nSPS) is 11.1. The molecule has 33 heavy (non-hydrogen) atoms. The third-order valence-electron chi connectivity index (χ3n) is 4.50. The molecule has 1 amide bonds. The molecule has 0 N–H and O–H groups in total. The summed E-state index contributed by atoms with van der Waals surface area (Å²) in [6.07, 6.45) is -5.06. The number of halogens is 5. The van der Waals surface area contributed by atoms with Gasteiger partial charge in [-0.05, 0) is 24.3 Å². The van der Waals surface area contributed by atoms with Gasteiger partial charge in [0.05, 0.1) is 5.02 Å². The summed E-state index contributed by atoms with van der Waals surface area (Å²) in [5, 5.41) is 8.84. The first-order chi connectivity index (χ1) is 15.5. The molecule has 0 radical (unpaired) electrons. The SMILES string of the molecule is CN(CC(=O)On1c(-c2ccc(Cl)cc2)c(C#N)c(Cl)c1C(F)(F)F)C(=O)c1ccccc1. The molecule has 1 aromatic heterocycles. The quantitative estimate of drug-likeness (QED) is 0.494. The van der Waals surface area contributed by atoms with Gasteiger partial charge in [0.15, 0.2) is 5.69 Å². The van der Waals surface area contributed by atoms with E-state index in [1.807, 2.05) is 0 Å². The molecule has 0 aliphatic heterocycles. The Morgan fingerprint density at radius 1 is 1.09 bits per heavy atom. The predicted molar refractivity (Wildman–Crippen MR) is 115 cm³/mol. The summed E-state index contributed by atoms with van der Waals surface area (Å²) in [6.45, 7) is -0.664. The Hall–Kier alpha value is -3.48. The molecule has 0 saturated heterocycles. The molecule has 6 nitrogen and oxygen atoms in total. The molecule has 0 fully saturated rings. The van der Waals surface area contributed by atoms with Crippen LogP contribution in [0.3, 0.4) is 0 Å². The van der Waals surface area contributed by atoms with E-state index in [2.05, 4.69) is 0 Å². The van der Waals surface area contributed by atoms with Crippen molar-refractivity contribution in [2.75, 3.05) is 13.6 Å². The third-order valence-corrected chi connectivity index (χ3v) is 5.12. The number of nitriles is 1. The van der Waals surface area contributed by atoms with Gasteiger partial charge in [0, 0.05) is 23.2 Å². The molecule has 1 heterocycles. The van der Waals surface area contributed by atoms with Crippen LogP contribution in [0.4, 0.5) is 13.2 Å². The van der Waals surface area contributed by atoms with Crippen LogP contribution in [-0.4, -0.2) is 35.1 Å². The van der Waals surface area contributed by atoms with Gasteiger partial charge in [-0.1, -0.05) is 53.5 Å². The van der Waals surface area contributed by atoms with E-state index in [0.29, 0.717) is 5.02 Å². The van der Waals surface area contributed by atoms with Crippen LogP contribution >= 0.6 is 23.2 Å². The summed E-state index contributed by atoms with van der Waals surface area (Å²) < 4.78 is 41.5. The minimum atomic E-state index is -5.06. The van der Waals surface area contributed by atoms with Gasteiger partial charge in [-0.25, -0.2) is 4.79 Å². The second-order valence-corrected chi connectivity index (χ2v) is 7.60. The van der Waals surface area contributed by atoms with Crippen LogP contribution in [-0.2, 0) is 11.0 Å². The van der Waals surface area contributed by atoms with Crippen LogP contribution in [0, 0.1) is 11.3 Å². The van der Waals surface area contributed by atoms with Gasteiger partial charge in [-0.3, -0.25) is 4.79 Å². The van der Waals surface area contributed by atoms with E-state index in [0.717, 1.165) is 4.90 Å². The van der Waals surface area contributed by atoms with E-state index in [9.17, 15) is 28.0 Å². The van der Waals surface area contributed by atoms with Gasteiger partial charge < -0.3 is 9.74 Å². The maximum atomic E-state index is 13.8. The molecule has 0 aliphatic carbocycles. The fourth-order valence-electron chi connectivity index (χ4n) is 3.02. The topological polar surface area (TPSA) is 75.3 Å². The second-order valence-electron chi connectivity index (χ2n) is 6.79. The number of alkyl halides is 3. The van der Waals surface area contributed by atoms with Crippen molar-refractivity contribution in [1.82, 2.24) is 9.63 Å². The first-order valence-corrected chi connectivity index (χ1v) is 9.99. The molecule has 3 rings (SSSR count). The number of hydrogen-bond donors (Lipinski definition) is 0. The molecule has 11 heteroatoms. The van der Waals surface area contributed by atoms with Crippen molar-refractivity contribution in [3.8, 4) is 17.3 Å². The average molecular weight is 496 g/mol. The van der Waals surface area contributed by atoms with Crippen molar-refractivity contribution in [2.24, 2.45) is 0 Å². The maximum absolute atomic E-state index is 13.8. The van der Waals surface area contributed by atoms with Crippen molar-refractivity contribution in [3.63, 3.8) is 0 Å². The summed E-state index contributed by atoms with van der Waals surface area (Å²) in [7, 11) is 1.30. The fourth-order valence-corrected chi connectivity index (χ4v) is 3.47. The van der Waals surface area contributed by atoms with Gasteiger partial charge in [-0.15, -0.1) is 0 Å². The number of benzene rings is 2. The van der Waals surface area contributed by atoms with E-state index in [-0.39, 0.29) is 21.6 Å². The molecule has 0 saturated carbocycles. The zero-order chi connectivity index (χ0) is 24.3. The Balaban J connectivity index is 2.00. The lowest BCUT2D eigenvalue weighted by Crippen LogP contribution is -2.37. The minimum Gasteiger partial charge on any atom is -0.334 e. The Kier molecular flexibility index (Phi) is 7.01. The number of likely N-dealkylation sites (N-methyl/N-ethyl adjacent to an activating group) is 1. The third kappa shape index (κ3) is 5.13. The number of nitrogens with zero attached hydrogens (tertiary/aromatic N) is 3. The number of aromatic nitrogens is 1. The predicted octanol–water partition coefficient (Wildman–Crippen LogP) is 5.08. The second kappa shape index (κ2) is 9.57. The highest BCUT2D eigenvalue weighted by Crippen LogP contribution is 2.42. The number of carbonyl (C=O) groups excluding carboxylic acids is 2. The summed E-state index contributed by atoms with van der Waals surface area (Å²) in [4.78, 5) is 31.0. The van der Waals surface area contributed by atoms with Crippen LogP contribution in [0.5, 0.6) is 0 Å². The number of hydrogen-bond acceptors (Lipinski definition) is 4. The van der Waals surface area contributed by atoms with Crippen LogP contribution < -0.4 is 4.84 Å². The summed E-state index contributed by atoms with van der Waals surface area (Å²) >= 11 is 11.7. The van der Waals surface area contributed by atoms with Gasteiger partial charge in [0.2, 0.25) is 0 Å². The van der Waals surface area contributed by atoms with E-state index in [4.69, 9.17) is 28.0 Å². The number of carbonyl (C=O) groups is 2. The van der Waals surface area contributed by atoms with Crippen molar-refractivity contribution in [3.05, 3.63) is 81.5 Å². The Morgan fingerprint density at radius 2 is 1.70 bits per heavy atom. The molecule has 2 aromatic carbocycles. The van der Waals surface area contributed by atoms with Crippen molar-refractivity contribution in [1.29, 1.82) is 5.26 Å². The van der Waals surface area contributed by atoms with Gasteiger partial charge in [0.1, 0.15) is 23.9 Å². The fraction of sp³-hybridized carbons (Fsp3) is 0.136. The van der Waals surface area contributed by atoms with Gasteiger partial charge >= 0.3 is 12.1 Å². The zero-order valence-corrected chi connectivity index (χ0v) is 18.4. The molecular formula is C22H14Cl2F3N3O3. The lowest BCUT2D eigenvalue weighted by atomic mass is 10.1. The van der Waals surface area contributed by atoms with Crippen LogP contribution in [0.2, 0.25) is 10.0 Å². The molecule has 0 aliphatic rings. The minimum absolute atomic E-state index is 0.106. The highest BCUT2D eigenvalue weighted by molar-refractivity contribution is 6.33. The van der Waals surface area contributed by atoms with Crippen molar-refractivity contribution >= 4 is 35.1 Å². The van der Waals surface area contributed by atoms with Crippen LogP contribution in [0.1, 0.15) is 21.6 Å². The molecule has 0 bridgehead atoms. The number of rotatable bonds is 5. The largest absolute Gasteiger partial charge is 0.436 e. The Morgan fingerprint density at radius 3 is 2.24 bits per heavy atom. The van der Waals surface area contributed by atoms with Gasteiger partial charge in [0.25, 0.3) is 5.91 Å². The van der Waals surface area contributed by atoms with Crippen LogP contribution in [0.15, 0.2) is 54.6 Å². The maximum Gasteiger partial charge on any atom is 0.436 e. The standard InChI is InChI=1S/C22H14Cl2F3N3O3/c1-29(21(32)14-5-3-2-4-6-14)12-17(31)33-30-19(13-7-9-15(23)10-8-13)16(11-28)18(24)20(30)22(25,26)27/h2-10H,12H2,1H3. The smallest absolute Gasteiger partial charge is 0.334 e. The molecular weight excluding hydrogens is 482 g/mol. The zero-order valence-electron chi connectivity index (χ0n) is 16.9. The number of amides is 1. The van der Waals surface area contributed by atoms with E-state index in [1.54, 1.807) is 24.3 Å². The van der Waals surface area contributed by atoms with Crippen molar-refractivity contribution in [2.45, 2.75) is 6.18 Å². The van der Waals surface area contributed by atoms with Gasteiger partial charge in [-0.2, -0.15) is 23.2 Å². The van der Waals surface area contributed by atoms with E-state index < -0.39 is 40.9 Å². The highest BCUT2D eigenvalue weighted by Gasteiger charge is 2.43. The monoisotopic (exact) mass is 495 g/mol. The molecule has 170 valence electrons. The molecule has 0 atom stereocenters. The van der Waals surface area contributed by atoms with Crippen LogP contribution in [0.25, 0.3) is 11.3 Å². The molecule has 0 spiro atoms. The lowest BCUT2D eigenvalue weighted by molar-refractivity contribution is -0.160. The summed E-state index contributed by atoms with van der Waals surface area (Å²) in [5.41, 5.74) is -2.06. The van der Waals surface area contributed by atoms with Crippen molar-refractivity contribution < 1.29 is 27.6 Å². The Labute approximate surface area is 196 Å².